The molecule has 0 atom stereocenters. The van der Waals surface area contributed by atoms with Crippen LogP contribution in [0.5, 0.6) is 5.88 Å². The molecule has 1 aliphatic rings. The molecule has 4 rings (SSSR count). The topological polar surface area (TPSA) is 102 Å². The predicted molar refractivity (Wildman–Crippen MR) is 100 cm³/mol. The van der Waals surface area contributed by atoms with Crippen LogP contribution >= 0.6 is 0 Å². The Labute approximate surface area is 161 Å². The number of carbonyl (C=O) groups is 2. The molecule has 0 radical (unpaired) electrons. The van der Waals surface area contributed by atoms with Crippen molar-refractivity contribution in [3.8, 4) is 5.88 Å². The third-order valence-electron chi connectivity index (χ3n) is 4.91. The van der Waals surface area contributed by atoms with Gasteiger partial charge in [-0.3, -0.25) is 9.59 Å². The Morgan fingerprint density at radius 2 is 2.21 bits per heavy atom. The normalized spacial score (nSPS) is 13.1. The van der Waals surface area contributed by atoms with Gasteiger partial charge in [-0.15, -0.1) is 0 Å². The number of aromatic nitrogens is 4. The summed E-state index contributed by atoms with van der Waals surface area (Å²) in [4.78, 5) is 35.5. The lowest BCUT2D eigenvalue weighted by Gasteiger charge is -2.12. The second-order valence-corrected chi connectivity index (χ2v) is 6.51. The molecule has 0 saturated heterocycles. The van der Waals surface area contributed by atoms with Crippen LogP contribution in [0.25, 0.3) is 5.65 Å². The van der Waals surface area contributed by atoms with Crippen LogP contribution in [0.2, 0.25) is 0 Å². The van der Waals surface area contributed by atoms with Gasteiger partial charge in [-0.25, -0.2) is 14.5 Å². The summed E-state index contributed by atoms with van der Waals surface area (Å²) in [6, 6.07) is 3.52. The molecule has 9 nitrogen and oxygen atoms in total. The smallest absolute Gasteiger partial charge is 0.256 e. The van der Waals surface area contributed by atoms with Gasteiger partial charge < -0.3 is 15.0 Å². The van der Waals surface area contributed by atoms with E-state index in [0.29, 0.717) is 52.7 Å². The second-order valence-electron chi connectivity index (χ2n) is 6.51. The van der Waals surface area contributed by atoms with Crippen molar-refractivity contribution < 1.29 is 14.3 Å². The Bertz CT molecular complexity index is 1090. The third-order valence-corrected chi connectivity index (χ3v) is 4.91. The zero-order chi connectivity index (χ0) is 19.8. The highest BCUT2D eigenvalue weighted by atomic mass is 16.5. The van der Waals surface area contributed by atoms with Crippen LogP contribution in [-0.4, -0.2) is 50.0 Å². The Morgan fingerprint density at radius 3 is 2.96 bits per heavy atom. The highest BCUT2D eigenvalue weighted by Crippen LogP contribution is 2.27. The first-order valence-electron chi connectivity index (χ1n) is 8.97. The van der Waals surface area contributed by atoms with Crippen LogP contribution in [0.3, 0.4) is 0 Å². The van der Waals surface area contributed by atoms with Crippen LogP contribution < -0.4 is 10.1 Å². The van der Waals surface area contributed by atoms with Crippen molar-refractivity contribution in [2.24, 2.45) is 0 Å². The number of hydrogen-bond acceptors (Lipinski definition) is 6. The number of fused-ring (bicyclic) bond motifs is 2. The minimum Gasteiger partial charge on any atom is -0.481 e. The summed E-state index contributed by atoms with van der Waals surface area (Å²) in [6.07, 6.45) is 3.16. The fraction of sp³-hybridized carbons (Fsp3) is 0.316. The van der Waals surface area contributed by atoms with Gasteiger partial charge in [0.2, 0.25) is 5.88 Å². The lowest BCUT2D eigenvalue weighted by molar-refractivity contribution is 0.0786. The Hall–Kier alpha value is -3.49. The van der Waals surface area contributed by atoms with Crippen LogP contribution in [-0.2, 0) is 13.1 Å². The molecule has 3 aromatic rings. The summed E-state index contributed by atoms with van der Waals surface area (Å²) in [5.74, 6) is 0.0676. The highest BCUT2D eigenvalue weighted by molar-refractivity contribution is 5.98. The SMILES string of the molecule is CCN1Cc2nc(OC)c(CNC(=O)c3cnc4ccnn4c3C)cc2C1=O. The number of pyridine rings is 1. The van der Waals surface area contributed by atoms with Crippen LogP contribution in [0, 0.1) is 6.92 Å². The molecular weight excluding hydrogens is 360 g/mol. The van der Waals surface area contributed by atoms with Gasteiger partial charge in [-0.05, 0) is 19.9 Å². The zero-order valence-electron chi connectivity index (χ0n) is 15.9. The molecule has 3 aromatic heterocycles. The maximum Gasteiger partial charge on any atom is 0.256 e. The summed E-state index contributed by atoms with van der Waals surface area (Å²) < 4.78 is 6.98. The van der Waals surface area contributed by atoms with Gasteiger partial charge in [-0.2, -0.15) is 5.10 Å². The van der Waals surface area contributed by atoms with Gasteiger partial charge in [0.25, 0.3) is 11.8 Å². The van der Waals surface area contributed by atoms with Crippen molar-refractivity contribution in [1.29, 1.82) is 0 Å². The molecule has 2 amide bonds. The van der Waals surface area contributed by atoms with Crippen LogP contribution in [0.4, 0.5) is 0 Å². The molecule has 0 aromatic carbocycles. The molecule has 0 unspecified atom stereocenters. The molecular formula is C19H20N6O3. The van der Waals surface area contributed by atoms with E-state index in [1.807, 2.05) is 13.8 Å². The maximum absolute atomic E-state index is 12.7. The molecule has 0 saturated carbocycles. The van der Waals surface area contributed by atoms with Gasteiger partial charge in [0.1, 0.15) is 0 Å². The summed E-state index contributed by atoms with van der Waals surface area (Å²) in [5, 5.41) is 7.03. The van der Waals surface area contributed by atoms with E-state index in [1.165, 1.54) is 13.3 Å². The number of aryl methyl sites for hydroxylation is 1. The standard InChI is InChI=1S/C19H20N6O3/c1-4-24-10-15-13(19(24)27)7-12(18(23-15)28-3)8-21-17(26)14-9-20-16-5-6-22-25(16)11(14)2/h5-7,9H,4,8,10H2,1-3H3,(H,21,26). The number of amides is 2. The molecule has 0 fully saturated rings. The van der Waals surface area contributed by atoms with E-state index in [2.05, 4.69) is 20.4 Å². The van der Waals surface area contributed by atoms with E-state index in [-0.39, 0.29) is 18.4 Å². The molecule has 0 bridgehead atoms. The fourth-order valence-electron chi connectivity index (χ4n) is 3.35. The second kappa shape index (κ2) is 6.91. The van der Waals surface area contributed by atoms with Crippen LogP contribution in [0.1, 0.15) is 44.6 Å². The Kier molecular flexibility index (Phi) is 4.42. The molecule has 4 heterocycles. The minimum atomic E-state index is -0.286. The van der Waals surface area contributed by atoms with E-state index in [1.54, 1.807) is 27.7 Å². The summed E-state index contributed by atoms with van der Waals surface area (Å²) in [7, 11) is 1.52. The van der Waals surface area contributed by atoms with E-state index in [0.717, 1.165) is 0 Å². The number of carbonyl (C=O) groups excluding carboxylic acids is 2. The first-order chi connectivity index (χ1) is 13.5. The molecule has 0 spiro atoms. The van der Waals surface area contributed by atoms with Gasteiger partial charge in [-0.1, -0.05) is 0 Å². The lowest BCUT2D eigenvalue weighted by Crippen LogP contribution is -2.25. The van der Waals surface area contributed by atoms with Crippen molar-refractivity contribution in [2.75, 3.05) is 13.7 Å². The van der Waals surface area contributed by atoms with Crippen molar-refractivity contribution in [3.05, 3.63) is 52.6 Å². The molecule has 9 heteroatoms. The quantitative estimate of drug-likeness (QED) is 0.717. The predicted octanol–water partition coefficient (Wildman–Crippen LogP) is 1.35. The van der Waals surface area contributed by atoms with E-state index < -0.39 is 0 Å². The van der Waals surface area contributed by atoms with E-state index in [9.17, 15) is 9.59 Å². The number of methoxy groups -OCH3 is 1. The number of nitrogens with zero attached hydrogens (tertiary/aromatic N) is 5. The monoisotopic (exact) mass is 380 g/mol. The largest absolute Gasteiger partial charge is 0.481 e. The van der Waals surface area contributed by atoms with E-state index >= 15 is 0 Å². The zero-order valence-corrected chi connectivity index (χ0v) is 15.9. The van der Waals surface area contributed by atoms with Crippen molar-refractivity contribution in [3.63, 3.8) is 0 Å². The minimum absolute atomic E-state index is 0.0515. The van der Waals surface area contributed by atoms with E-state index in [4.69, 9.17) is 4.74 Å². The fourth-order valence-corrected chi connectivity index (χ4v) is 3.35. The first kappa shape index (κ1) is 17.9. The number of nitrogens with one attached hydrogen (secondary N) is 1. The van der Waals surface area contributed by atoms with Crippen molar-refractivity contribution in [2.45, 2.75) is 26.9 Å². The highest BCUT2D eigenvalue weighted by Gasteiger charge is 2.29. The molecule has 1 aliphatic heterocycles. The first-order valence-corrected chi connectivity index (χ1v) is 8.97. The molecule has 28 heavy (non-hydrogen) atoms. The summed E-state index contributed by atoms with van der Waals surface area (Å²) in [6.45, 7) is 5.01. The maximum atomic E-state index is 12.7. The molecule has 1 N–H and O–H groups in total. The molecule has 144 valence electrons. The summed E-state index contributed by atoms with van der Waals surface area (Å²) in [5.41, 5.74) is 3.70. The Morgan fingerprint density at radius 1 is 1.39 bits per heavy atom. The third kappa shape index (κ3) is 2.84. The van der Waals surface area contributed by atoms with Gasteiger partial charge in [0.15, 0.2) is 5.65 Å². The van der Waals surface area contributed by atoms with Crippen molar-refractivity contribution >= 4 is 17.5 Å². The number of hydrogen-bond donors (Lipinski definition) is 1. The van der Waals surface area contributed by atoms with Gasteiger partial charge in [0, 0.05) is 30.9 Å². The average Bonchev–Trinajstić information content (AvgIpc) is 3.30. The van der Waals surface area contributed by atoms with Crippen molar-refractivity contribution in [1.82, 2.24) is 29.8 Å². The summed E-state index contributed by atoms with van der Waals surface area (Å²) >= 11 is 0. The lowest BCUT2D eigenvalue weighted by atomic mass is 10.1. The number of rotatable bonds is 5. The van der Waals surface area contributed by atoms with Crippen LogP contribution in [0.15, 0.2) is 24.5 Å². The van der Waals surface area contributed by atoms with Gasteiger partial charge >= 0.3 is 0 Å². The average molecular weight is 380 g/mol. The molecule has 0 aliphatic carbocycles. The number of ether oxygens (including phenoxy) is 1. The Balaban J connectivity index is 1.58. The van der Waals surface area contributed by atoms with Gasteiger partial charge in [0.05, 0.1) is 42.4 Å².